The quantitative estimate of drug-likeness (QED) is 0.452. The maximum Gasteiger partial charge on any atom is 4.00 e. The molecule has 0 spiro atoms. The third kappa shape index (κ3) is 110. The zero-order valence-corrected chi connectivity index (χ0v) is 8.84. The standard InChI is InChI=1S/H2O.4O.2Sn/h1H2;;;;;;/q;4*-2;2*+4. The van der Waals surface area contributed by atoms with E-state index in [0.29, 0.717) is 0 Å². The molecule has 0 aromatic rings. The molecular weight excluding hydrogens is 317 g/mol. The van der Waals surface area contributed by atoms with E-state index in [2.05, 4.69) is 0 Å². The summed E-state index contributed by atoms with van der Waals surface area (Å²) in [5, 5.41) is 0. The van der Waals surface area contributed by atoms with Crippen LogP contribution in [0.1, 0.15) is 0 Å². The van der Waals surface area contributed by atoms with Gasteiger partial charge in [0, 0.05) is 0 Å². The first-order chi connectivity index (χ1) is 0. The van der Waals surface area contributed by atoms with Crippen LogP contribution in [0.5, 0.6) is 0 Å². The summed E-state index contributed by atoms with van der Waals surface area (Å²) in [4.78, 5) is 0. The zero-order valence-electron chi connectivity index (χ0n) is 3.13. The molecule has 0 aromatic heterocycles. The van der Waals surface area contributed by atoms with Crippen molar-refractivity contribution in [1.29, 1.82) is 0 Å². The number of hydrogen-bond acceptors (Lipinski definition) is 0. The van der Waals surface area contributed by atoms with Crippen molar-refractivity contribution in [1.82, 2.24) is 0 Å². The summed E-state index contributed by atoms with van der Waals surface area (Å²) in [6, 6.07) is 0. The smallest absolute Gasteiger partial charge is 2.00 e. The van der Waals surface area contributed by atoms with E-state index >= 15 is 0 Å². The summed E-state index contributed by atoms with van der Waals surface area (Å²) >= 11 is 0. The minimum Gasteiger partial charge on any atom is -2.00 e. The maximum absolute atomic E-state index is 0. The molecule has 0 bridgehead atoms. The Hall–Kier alpha value is 1.40. The zero-order chi connectivity index (χ0) is 0. The van der Waals surface area contributed by atoms with Crippen molar-refractivity contribution >= 4 is 47.8 Å². The molecular formula is H2O5Sn2. The van der Waals surface area contributed by atoms with Crippen molar-refractivity contribution < 1.29 is 27.4 Å². The molecule has 0 radical (unpaired) electrons. The second kappa shape index (κ2) is 155. The Morgan fingerprint density at radius 1 is 0.429 bits per heavy atom. The Labute approximate surface area is 74.9 Å². The molecule has 0 amide bonds. The topological polar surface area (TPSA) is 146 Å². The molecule has 40 valence electrons. The first-order valence-corrected chi connectivity index (χ1v) is 0. The first kappa shape index (κ1) is 235. The molecule has 0 fully saturated rings. The van der Waals surface area contributed by atoms with Gasteiger partial charge < -0.3 is 27.4 Å². The van der Waals surface area contributed by atoms with E-state index in [1.165, 1.54) is 0 Å². The Kier molecular flexibility index (Phi) is 5210. The SMILES string of the molecule is O.[O-2].[O-2].[O-2].[O-2].[Sn+4].[Sn+4]. The predicted molar refractivity (Wildman–Crippen MR) is 17.9 cm³/mol. The summed E-state index contributed by atoms with van der Waals surface area (Å²) < 4.78 is 0. The van der Waals surface area contributed by atoms with E-state index in [9.17, 15) is 0 Å². The molecule has 0 heterocycles. The van der Waals surface area contributed by atoms with E-state index < -0.39 is 0 Å². The molecule has 0 unspecified atom stereocenters. The minimum absolute atomic E-state index is 0. The number of rotatable bonds is 0. The van der Waals surface area contributed by atoms with Crippen LogP contribution >= 0.6 is 0 Å². The molecule has 0 aliphatic rings. The van der Waals surface area contributed by atoms with Gasteiger partial charge >= 0.3 is 47.8 Å². The summed E-state index contributed by atoms with van der Waals surface area (Å²) in [7, 11) is 0. The van der Waals surface area contributed by atoms with E-state index in [4.69, 9.17) is 0 Å². The van der Waals surface area contributed by atoms with Gasteiger partial charge in [0.15, 0.2) is 0 Å². The van der Waals surface area contributed by atoms with Gasteiger partial charge in [-0.1, -0.05) is 0 Å². The second-order valence-corrected chi connectivity index (χ2v) is 0. The van der Waals surface area contributed by atoms with E-state index in [1.807, 2.05) is 0 Å². The van der Waals surface area contributed by atoms with E-state index in [1.54, 1.807) is 0 Å². The maximum atomic E-state index is 0. The van der Waals surface area contributed by atoms with Gasteiger partial charge in [0.2, 0.25) is 0 Å². The van der Waals surface area contributed by atoms with Crippen molar-refractivity contribution in [3.05, 3.63) is 0 Å². The van der Waals surface area contributed by atoms with Crippen LogP contribution in [0.25, 0.3) is 0 Å². The molecule has 5 nitrogen and oxygen atoms in total. The molecule has 0 saturated carbocycles. The molecule has 2 N–H and O–H groups in total. The van der Waals surface area contributed by atoms with Crippen molar-refractivity contribution in [2.24, 2.45) is 0 Å². The van der Waals surface area contributed by atoms with E-state index in [0.717, 1.165) is 0 Å². The summed E-state index contributed by atoms with van der Waals surface area (Å²) in [6.45, 7) is 0. The fraction of sp³-hybridized carbons (Fsp3) is 0. The molecule has 0 aliphatic carbocycles. The Morgan fingerprint density at radius 2 is 0.429 bits per heavy atom. The van der Waals surface area contributed by atoms with Crippen LogP contribution in [0, 0.1) is 0 Å². The van der Waals surface area contributed by atoms with Crippen LogP contribution in [0.4, 0.5) is 0 Å². The van der Waals surface area contributed by atoms with Crippen LogP contribution < -0.4 is 0 Å². The van der Waals surface area contributed by atoms with Gasteiger partial charge in [-0.25, -0.2) is 0 Å². The van der Waals surface area contributed by atoms with Crippen LogP contribution in [0.15, 0.2) is 0 Å². The molecule has 7 heteroatoms. The Bertz CT molecular complexity index is 6.04. The van der Waals surface area contributed by atoms with Crippen molar-refractivity contribution in [2.75, 3.05) is 0 Å². The Balaban J connectivity index is 0. The predicted octanol–water partition coefficient (Wildman–Crippen LogP) is -2.06. The van der Waals surface area contributed by atoms with Gasteiger partial charge in [0.25, 0.3) is 0 Å². The summed E-state index contributed by atoms with van der Waals surface area (Å²) in [5.41, 5.74) is 0. The molecule has 7 heavy (non-hydrogen) atoms. The third-order valence-corrected chi connectivity index (χ3v) is 0. The third-order valence-electron chi connectivity index (χ3n) is 0. The molecule has 0 atom stereocenters. The second-order valence-electron chi connectivity index (χ2n) is 0. The van der Waals surface area contributed by atoms with Crippen molar-refractivity contribution in [2.45, 2.75) is 0 Å². The van der Waals surface area contributed by atoms with Gasteiger partial charge in [0.05, 0.1) is 0 Å². The first-order valence-electron chi connectivity index (χ1n) is 0. The van der Waals surface area contributed by atoms with Crippen molar-refractivity contribution in [3.63, 3.8) is 0 Å². The average molecular weight is 319 g/mol. The monoisotopic (exact) mass is 322 g/mol. The van der Waals surface area contributed by atoms with Crippen LogP contribution in [-0.4, -0.2) is 53.3 Å². The van der Waals surface area contributed by atoms with Gasteiger partial charge in [-0.05, 0) is 0 Å². The van der Waals surface area contributed by atoms with Gasteiger partial charge in [0.1, 0.15) is 0 Å². The largest absolute Gasteiger partial charge is 4.00 e. The van der Waals surface area contributed by atoms with Crippen LogP contribution in [0.3, 0.4) is 0 Å². The van der Waals surface area contributed by atoms with Gasteiger partial charge in [-0.3, -0.25) is 0 Å². The fourth-order valence-corrected chi connectivity index (χ4v) is 0. The fourth-order valence-electron chi connectivity index (χ4n) is 0. The molecule has 0 aromatic carbocycles. The summed E-state index contributed by atoms with van der Waals surface area (Å²) in [6.07, 6.45) is 0. The van der Waals surface area contributed by atoms with Crippen LogP contribution in [0.2, 0.25) is 0 Å². The normalized spacial score (nSPS) is 0. The Morgan fingerprint density at radius 3 is 0.429 bits per heavy atom. The molecule has 0 aliphatic heterocycles. The number of hydrogen-bond donors (Lipinski definition) is 0. The van der Waals surface area contributed by atoms with Gasteiger partial charge in [-0.2, -0.15) is 0 Å². The van der Waals surface area contributed by atoms with Gasteiger partial charge in [-0.15, -0.1) is 0 Å². The average Bonchev–Trinajstić information content (AvgIpc) is 0. The van der Waals surface area contributed by atoms with Crippen LogP contribution in [-0.2, 0) is 21.9 Å². The minimum atomic E-state index is 0. The molecule has 0 saturated heterocycles. The molecule has 0 rings (SSSR count). The van der Waals surface area contributed by atoms with Crippen molar-refractivity contribution in [3.8, 4) is 0 Å². The van der Waals surface area contributed by atoms with E-state index in [-0.39, 0.29) is 75.2 Å². The summed E-state index contributed by atoms with van der Waals surface area (Å²) in [5.74, 6) is 0.